The van der Waals surface area contributed by atoms with Crippen molar-refractivity contribution in [2.45, 2.75) is 13.3 Å². The van der Waals surface area contributed by atoms with Gasteiger partial charge in [-0.3, -0.25) is 4.98 Å². The van der Waals surface area contributed by atoms with Crippen LogP contribution in [0, 0.1) is 12.8 Å². The molecule has 82 valence electrons. The van der Waals surface area contributed by atoms with Gasteiger partial charge in [-0.25, -0.2) is 0 Å². The quantitative estimate of drug-likeness (QED) is 0.777. The summed E-state index contributed by atoms with van der Waals surface area (Å²) in [6, 6.07) is 2.01. The van der Waals surface area contributed by atoms with Crippen LogP contribution in [0.1, 0.15) is 12.1 Å². The summed E-state index contributed by atoms with van der Waals surface area (Å²) in [6.07, 6.45) is 3.07. The standard InChI is InChI=1S/C11H14BrClN2/c1-8-11(13)10(2-4-14-8)15-5-3-9(6-12)7-15/h2,4,9H,3,5-7H2,1H3. The zero-order valence-electron chi connectivity index (χ0n) is 8.71. The van der Waals surface area contributed by atoms with E-state index in [2.05, 4.69) is 25.8 Å². The second-order valence-corrected chi connectivity index (χ2v) is 5.01. The Morgan fingerprint density at radius 3 is 3.13 bits per heavy atom. The minimum atomic E-state index is 0.745. The lowest BCUT2D eigenvalue weighted by atomic mass is 10.2. The second kappa shape index (κ2) is 4.71. The Morgan fingerprint density at radius 1 is 1.67 bits per heavy atom. The predicted molar refractivity (Wildman–Crippen MR) is 68.1 cm³/mol. The maximum absolute atomic E-state index is 6.25. The van der Waals surface area contributed by atoms with Gasteiger partial charge < -0.3 is 4.90 Å². The molecule has 2 heterocycles. The zero-order valence-corrected chi connectivity index (χ0v) is 11.1. The number of pyridine rings is 1. The molecule has 2 nitrogen and oxygen atoms in total. The van der Waals surface area contributed by atoms with Crippen molar-refractivity contribution in [3.05, 3.63) is 23.0 Å². The minimum Gasteiger partial charge on any atom is -0.370 e. The van der Waals surface area contributed by atoms with Gasteiger partial charge in [0.25, 0.3) is 0 Å². The third-order valence-corrected chi connectivity index (χ3v) is 4.27. The van der Waals surface area contributed by atoms with E-state index in [1.165, 1.54) is 6.42 Å². The van der Waals surface area contributed by atoms with E-state index in [0.29, 0.717) is 0 Å². The van der Waals surface area contributed by atoms with E-state index in [4.69, 9.17) is 11.6 Å². The molecule has 0 saturated carbocycles. The Labute approximate surface area is 104 Å². The first-order valence-corrected chi connectivity index (χ1v) is 6.64. The zero-order chi connectivity index (χ0) is 10.8. The number of alkyl halides is 1. The van der Waals surface area contributed by atoms with Gasteiger partial charge in [-0.15, -0.1) is 0 Å². The van der Waals surface area contributed by atoms with Crippen LogP contribution in [0.15, 0.2) is 12.3 Å². The van der Waals surface area contributed by atoms with Gasteiger partial charge in [0.1, 0.15) is 0 Å². The molecule has 15 heavy (non-hydrogen) atoms. The molecule has 1 saturated heterocycles. The molecular formula is C11H14BrClN2. The summed E-state index contributed by atoms with van der Waals surface area (Å²) in [7, 11) is 0. The summed E-state index contributed by atoms with van der Waals surface area (Å²) in [5, 5.41) is 1.87. The van der Waals surface area contributed by atoms with Crippen molar-refractivity contribution in [3.63, 3.8) is 0 Å². The highest BCUT2D eigenvalue weighted by molar-refractivity contribution is 9.09. The number of aryl methyl sites for hydroxylation is 1. The number of aromatic nitrogens is 1. The van der Waals surface area contributed by atoms with Crippen LogP contribution in [-0.4, -0.2) is 23.4 Å². The largest absolute Gasteiger partial charge is 0.370 e. The molecule has 1 fully saturated rings. The fourth-order valence-electron chi connectivity index (χ4n) is 1.96. The average molecular weight is 290 g/mol. The molecule has 0 amide bonds. The van der Waals surface area contributed by atoms with Crippen LogP contribution in [-0.2, 0) is 0 Å². The SMILES string of the molecule is Cc1nccc(N2CCC(CBr)C2)c1Cl. The molecule has 1 aromatic heterocycles. The van der Waals surface area contributed by atoms with Gasteiger partial charge in [-0.2, -0.15) is 0 Å². The summed E-state index contributed by atoms with van der Waals surface area (Å²) in [6.45, 7) is 4.14. The average Bonchev–Trinajstić information content (AvgIpc) is 2.70. The van der Waals surface area contributed by atoms with Crippen molar-refractivity contribution in [1.29, 1.82) is 0 Å². The number of hydrogen-bond donors (Lipinski definition) is 0. The molecule has 0 N–H and O–H groups in total. The van der Waals surface area contributed by atoms with Crippen molar-refractivity contribution in [3.8, 4) is 0 Å². The Kier molecular flexibility index (Phi) is 3.52. The van der Waals surface area contributed by atoms with Gasteiger partial charge >= 0.3 is 0 Å². The molecule has 1 aliphatic heterocycles. The minimum absolute atomic E-state index is 0.745. The van der Waals surface area contributed by atoms with Crippen LogP contribution in [0.5, 0.6) is 0 Å². The molecule has 0 spiro atoms. The van der Waals surface area contributed by atoms with Crippen LogP contribution in [0.3, 0.4) is 0 Å². The normalized spacial score (nSPS) is 21.0. The van der Waals surface area contributed by atoms with Crippen molar-refractivity contribution in [1.82, 2.24) is 4.98 Å². The highest BCUT2D eigenvalue weighted by Crippen LogP contribution is 2.31. The number of rotatable bonds is 2. The summed E-state index contributed by atoms with van der Waals surface area (Å²) in [4.78, 5) is 6.53. The van der Waals surface area contributed by atoms with Gasteiger partial charge in [-0.1, -0.05) is 27.5 Å². The molecule has 0 aromatic carbocycles. The van der Waals surface area contributed by atoms with E-state index in [1.807, 2.05) is 19.2 Å². The fourth-order valence-corrected chi connectivity index (χ4v) is 2.72. The van der Waals surface area contributed by atoms with E-state index in [-0.39, 0.29) is 0 Å². The van der Waals surface area contributed by atoms with E-state index >= 15 is 0 Å². The van der Waals surface area contributed by atoms with E-state index in [9.17, 15) is 0 Å². The van der Waals surface area contributed by atoms with Crippen LogP contribution in [0.25, 0.3) is 0 Å². The molecule has 0 radical (unpaired) electrons. The van der Waals surface area contributed by atoms with Crippen molar-refractivity contribution in [2.75, 3.05) is 23.3 Å². The Morgan fingerprint density at radius 2 is 2.47 bits per heavy atom. The van der Waals surface area contributed by atoms with Crippen molar-refractivity contribution < 1.29 is 0 Å². The maximum Gasteiger partial charge on any atom is 0.0851 e. The fraction of sp³-hybridized carbons (Fsp3) is 0.545. The molecule has 0 bridgehead atoms. The Balaban J connectivity index is 2.20. The van der Waals surface area contributed by atoms with Gasteiger partial charge in [0, 0.05) is 24.6 Å². The van der Waals surface area contributed by atoms with Crippen LogP contribution < -0.4 is 4.90 Å². The van der Waals surface area contributed by atoms with E-state index in [1.54, 1.807) is 0 Å². The smallest absolute Gasteiger partial charge is 0.0851 e. The van der Waals surface area contributed by atoms with Crippen LogP contribution in [0.2, 0.25) is 5.02 Å². The molecule has 1 aromatic rings. The third kappa shape index (κ3) is 2.28. The molecule has 1 atom stereocenters. The first-order valence-electron chi connectivity index (χ1n) is 5.14. The van der Waals surface area contributed by atoms with E-state index in [0.717, 1.165) is 40.7 Å². The molecule has 1 unspecified atom stereocenters. The van der Waals surface area contributed by atoms with Crippen molar-refractivity contribution >= 4 is 33.2 Å². The Hall–Kier alpha value is -0.280. The molecule has 2 rings (SSSR count). The molecule has 0 aliphatic carbocycles. The Bertz CT molecular complexity index is 356. The number of halogens is 2. The van der Waals surface area contributed by atoms with Crippen LogP contribution >= 0.6 is 27.5 Å². The summed E-state index contributed by atoms with van der Waals surface area (Å²) in [5.74, 6) is 0.745. The maximum atomic E-state index is 6.25. The number of anilines is 1. The van der Waals surface area contributed by atoms with Crippen molar-refractivity contribution in [2.24, 2.45) is 5.92 Å². The first kappa shape index (κ1) is 11.2. The second-order valence-electron chi connectivity index (χ2n) is 3.98. The molecule has 4 heteroatoms. The highest BCUT2D eigenvalue weighted by atomic mass is 79.9. The monoisotopic (exact) mass is 288 g/mol. The molecular weight excluding hydrogens is 275 g/mol. The summed E-state index contributed by atoms with van der Waals surface area (Å²) in [5.41, 5.74) is 2.05. The predicted octanol–water partition coefficient (Wildman–Crippen LogP) is 3.26. The number of hydrogen-bond acceptors (Lipinski definition) is 2. The lowest BCUT2D eigenvalue weighted by Gasteiger charge is -2.20. The van der Waals surface area contributed by atoms with Gasteiger partial charge in [0.15, 0.2) is 0 Å². The topological polar surface area (TPSA) is 16.1 Å². The molecule has 1 aliphatic rings. The van der Waals surface area contributed by atoms with Crippen LogP contribution in [0.4, 0.5) is 5.69 Å². The first-order chi connectivity index (χ1) is 7.22. The van der Waals surface area contributed by atoms with Gasteiger partial charge in [0.2, 0.25) is 0 Å². The summed E-state index contributed by atoms with van der Waals surface area (Å²) < 4.78 is 0. The van der Waals surface area contributed by atoms with Gasteiger partial charge in [0.05, 0.1) is 16.4 Å². The lowest BCUT2D eigenvalue weighted by Crippen LogP contribution is -2.20. The summed E-state index contributed by atoms with van der Waals surface area (Å²) >= 11 is 9.79. The van der Waals surface area contributed by atoms with Gasteiger partial charge in [-0.05, 0) is 25.3 Å². The van der Waals surface area contributed by atoms with E-state index < -0.39 is 0 Å². The third-order valence-electron chi connectivity index (χ3n) is 2.89. The number of nitrogens with zero attached hydrogens (tertiary/aromatic N) is 2. The lowest BCUT2D eigenvalue weighted by molar-refractivity contribution is 0.676. The highest BCUT2D eigenvalue weighted by Gasteiger charge is 2.23.